The van der Waals surface area contributed by atoms with Crippen LogP contribution in [0.1, 0.15) is 13.8 Å². The molecule has 2 heteroatoms. The zero-order valence-electron chi connectivity index (χ0n) is 5.47. The van der Waals surface area contributed by atoms with E-state index in [4.69, 9.17) is 0 Å². The van der Waals surface area contributed by atoms with Gasteiger partial charge in [-0.2, -0.15) is 7.05 Å². The van der Waals surface area contributed by atoms with Crippen LogP contribution in [0.3, 0.4) is 0 Å². The largest absolute Gasteiger partial charge is 0.597 e. The van der Waals surface area contributed by atoms with E-state index in [0.29, 0.717) is 6.04 Å². The van der Waals surface area contributed by atoms with E-state index in [1.165, 1.54) is 0 Å². The predicted octanol–water partition coefficient (Wildman–Crippen LogP) is 1.25. The van der Waals surface area contributed by atoms with Crippen LogP contribution >= 0.6 is 0 Å². The first-order chi connectivity index (χ1) is 3.18. The summed E-state index contributed by atoms with van der Waals surface area (Å²) in [6.07, 6.45) is 0. The molecule has 0 unspecified atom stereocenters. The fourth-order valence-corrected chi connectivity index (χ4v) is 0.231. The normalized spacial score (nSPS) is 11.1. The number of nitrogens with zero attached hydrogens (tertiary/aromatic N) is 2. The molecule has 0 amide bonds. The summed E-state index contributed by atoms with van der Waals surface area (Å²) < 4.78 is 0. The molecule has 0 atom stereocenters. The van der Waals surface area contributed by atoms with Gasteiger partial charge in [0, 0.05) is 0 Å². The Balaban J connectivity index is 3.14. The third-order valence-electron chi connectivity index (χ3n) is 1.06. The average Bonchev–Trinajstić information content (AvgIpc) is 1.65. The molecule has 0 rings (SSSR count). The Morgan fingerprint density at radius 3 is 1.86 bits per heavy atom. The van der Waals surface area contributed by atoms with Crippen molar-refractivity contribution in [1.29, 1.82) is 0 Å². The van der Waals surface area contributed by atoms with E-state index in [-0.39, 0.29) is 0 Å². The first-order valence-corrected chi connectivity index (χ1v) is 2.51. The molecular weight excluding hydrogens is 88.1 g/mol. The molecule has 7 heavy (non-hydrogen) atoms. The summed E-state index contributed by atoms with van der Waals surface area (Å²) in [5.74, 6) is 0. The standard InChI is InChI=1S/C5H13N2/c1-5(2)7(4)6-3/h5H,1-4H3/q-1. The Hall–Kier alpha value is -0.0800. The molecule has 0 radical (unpaired) electrons. The van der Waals surface area contributed by atoms with E-state index in [2.05, 4.69) is 19.3 Å². The average molecular weight is 101 g/mol. The molecule has 0 fully saturated rings. The van der Waals surface area contributed by atoms with Gasteiger partial charge in [-0.05, 0) is 13.1 Å². The van der Waals surface area contributed by atoms with Gasteiger partial charge in [-0.15, -0.1) is 0 Å². The van der Waals surface area contributed by atoms with Gasteiger partial charge in [0.2, 0.25) is 0 Å². The van der Waals surface area contributed by atoms with Crippen molar-refractivity contribution in [2.24, 2.45) is 0 Å². The van der Waals surface area contributed by atoms with Crippen LogP contribution in [0, 0.1) is 0 Å². The minimum atomic E-state index is 0.532. The van der Waals surface area contributed by atoms with Gasteiger partial charge in [-0.3, -0.25) is 0 Å². The van der Waals surface area contributed by atoms with Gasteiger partial charge >= 0.3 is 0 Å². The van der Waals surface area contributed by atoms with E-state index < -0.39 is 0 Å². The lowest BCUT2D eigenvalue weighted by molar-refractivity contribution is 0.350. The molecule has 0 N–H and O–H groups in total. The highest BCUT2D eigenvalue weighted by atomic mass is 15.5. The SMILES string of the molecule is C[N-]N(C)C(C)C. The van der Waals surface area contributed by atoms with Crippen LogP contribution in [-0.4, -0.2) is 25.1 Å². The summed E-state index contributed by atoms with van der Waals surface area (Å²) in [7, 11) is 3.75. The molecule has 0 aliphatic carbocycles. The lowest BCUT2D eigenvalue weighted by Gasteiger charge is -2.33. The van der Waals surface area contributed by atoms with E-state index in [1.807, 2.05) is 12.1 Å². The zero-order valence-corrected chi connectivity index (χ0v) is 5.47. The van der Waals surface area contributed by atoms with Crippen molar-refractivity contribution in [3.63, 3.8) is 0 Å². The monoisotopic (exact) mass is 101 g/mol. The van der Waals surface area contributed by atoms with Gasteiger partial charge < -0.3 is 10.4 Å². The first kappa shape index (κ1) is 6.92. The number of hydrogen-bond acceptors (Lipinski definition) is 1. The first-order valence-electron chi connectivity index (χ1n) is 2.51. The molecule has 0 aromatic carbocycles. The van der Waals surface area contributed by atoms with Crippen LogP contribution in [-0.2, 0) is 0 Å². The minimum Gasteiger partial charge on any atom is -0.597 e. The van der Waals surface area contributed by atoms with Gasteiger partial charge in [0.1, 0.15) is 0 Å². The summed E-state index contributed by atoms with van der Waals surface area (Å²) in [4.78, 5) is 0. The summed E-state index contributed by atoms with van der Waals surface area (Å²) in [6.45, 7) is 4.21. The smallest absolute Gasteiger partial charge is 0.0138 e. The highest BCUT2D eigenvalue weighted by Gasteiger charge is 1.86. The van der Waals surface area contributed by atoms with Gasteiger partial charge in [-0.1, -0.05) is 13.8 Å². The van der Waals surface area contributed by atoms with Gasteiger partial charge in [0.15, 0.2) is 0 Å². The maximum absolute atomic E-state index is 3.92. The van der Waals surface area contributed by atoms with Gasteiger partial charge in [-0.25, -0.2) is 0 Å². The van der Waals surface area contributed by atoms with E-state index in [1.54, 1.807) is 7.05 Å². The third kappa shape index (κ3) is 2.60. The van der Waals surface area contributed by atoms with Crippen molar-refractivity contribution in [3.8, 4) is 0 Å². The quantitative estimate of drug-likeness (QED) is 0.478. The van der Waals surface area contributed by atoms with Crippen molar-refractivity contribution in [3.05, 3.63) is 5.43 Å². The summed E-state index contributed by atoms with van der Waals surface area (Å²) in [5, 5.41) is 1.92. The van der Waals surface area contributed by atoms with E-state index in [9.17, 15) is 0 Å². The third-order valence-corrected chi connectivity index (χ3v) is 1.06. The Morgan fingerprint density at radius 1 is 1.43 bits per heavy atom. The molecule has 0 spiro atoms. The van der Waals surface area contributed by atoms with Crippen molar-refractivity contribution >= 4 is 0 Å². The second kappa shape index (κ2) is 2.99. The molecule has 0 saturated heterocycles. The molecule has 0 heterocycles. The summed E-state index contributed by atoms with van der Waals surface area (Å²) in [5.41, 5.74) is 3.92. The van der Waals surface area contributed by atoms with Gasteiger partial charge in [0.05, 0.1) is 0 Å². The maximum Gasteiger partial charge on any atom is -0.0138 e. The number of rotatable bonds is 2. The van der Waals surface area contributed by atoms with Crippen LogP contribution < -0.4 is 0 Å². The molecule has 0 bridgehead atoms. The summed E-state index contributed by atoms with van der Waals surface area (Å²) in [6, 6.07) is 0.532. The fourth-order valence-electron chi connectivity index (χ4n) is 0.231. The summed E-state index contributed by atoms with van der Waals surface area (Å²) >= 11 is 0. The second-order valence-corrected chi connectivity index (χ2v) is 1.87. The highest BCUT2D eigenvalue weighted by molar-refractivity contribution is 4.66. The molecule has 0 aliphatic heterocycles. The second-order valence-electron chi connectivity index (χ2n) is 1.87. The lowest BCUT2D eigenvalue weighted by atomic mass is 10.4. The number of hydrogen-bond donors (Lipinski definition) is 0. The Labute approximate surface area is 45.5 Å². The predicted molar refractivity (Wildman–Crippen MR) is 32.2 cm³/mol. The topological polar surface area (TPSA) is 17.3 Å². The molecule has 2 nitrogen and oxygen atoms in total. The Bertz CT molecular complexity index is 43.3. The Morgan fingerprint density at radius 2 is 1.86 bits per heavy atom. The van der Waals surface area contributed by atoms with Gasteiger partial charge in [0.25, 0.3) is 0 Å². The van der Waals surface area contributed by atoms with Crippen LogP contribution in [0.5, 0.6) is 0 Å². The minimum absolute atomic E-state index is 0.532. The van der Waals surface area contributed by atoms with E-state index >= 15 is 0 Å². The zero-order chi connectivity index (χ0) is 5.86. The van der Waals surface area contributed by atoms with E-state index in [0.717, 1.165) is 0 Å². The molecule has 0 saturated carbocycles. The highest BCUT2D eigenvalue weighted by Crippen LogP contribution is 1.95. The van der Waals surface area contributed by atoms with Crippen LogP contribution in [0.25, 0.3) is 5.43 Å². The van der Waals surface area contributed by atoms with Crippen molar-refractivity contribution in [2.45, 2.75) is 19.9 Å². The molecule has 0 aliphatic rings. The molecule has 44 valence electrons. The van der Waals surface area contributed by atoms with Crippen molar-refractivity contribution in [2.75, 3.05) is 14.1 Å². The fraction of sp³-hybridized carbons (Fsp3) is 1.00. The lowest BCUT2D eigenvalue weighted by Crippen LogP contribution is -2.20. The molecular formula is C5H13N2-. The van der Waals surface area contributed by atoms with Crippen LogP contribution in [0.2, 0.25) is 0 Å². The van der Waals surface area contributed by atoms with Crippen LogP contribution in [0.15, 0.2) is 0 Å². The van der Waals surface area contributed by atoms with Crippen LogP contribution in [0.4, 0.5) is 0 Å². The Kier molecular flexibility index (Phi) is 2.96. The van der Waals surface area contributed by atoms with Crippen molar-refractivity contribution in [1.82, 2.24) is 5.01 Å². The molecule has 0 aromatic heterocycles. The maximum atomic E-state index is 3.92. The van der Waals surface area contributed by atoms with Crippen molar-refractivity contribution < 1.29 is 0 Å². The molecule has 0 aromatic rings.